The summed E-state index contributed by atoms with van der Waals surface area (Å²) in [6.07, 6.45) is 1.55. The Kier molecular flexibility index (Phi) is 9.47. The SMILES string of the molecule is CCCC[C@H]1CC[C@H](CCc2ccc(C(F)(F)Oc3ccccc3-c3cc(F)c(C(F)(F)F)c(F)c3)cc2)CC1. The first-order chi connectivity index (χ1) is 19.0. The van der Waals surface area contributed by atoms with Crippen LogP contribution in [0, 0.1) is 23.5 Å². The smallest absolute Gasteiger partial charge is 0.426 e. The second-order valence-electron chi connectivity index (χ2n) is 10.7. The molecule has 0 N–H and O–H groups in total. The molecule has 0 unspecified atom stereocenters. The molecule has 0 aromatic heterocycles. The Morgan fingerprint density at radius 3 is 1.93 bits per heavy atom. The van der Waals surface area contributed by atoms with E-state index >= 15 is 8.78 Å². The number of rotatable bonds is 10. The molecule has 1 saturated carbocycles. The molecule has 216 valence electrons. The maximum Gasteiger partial charge on any atom is 0.426 e. The van der Waals surface area contributed by atoms with Crippen molar-refractivity contribution in [3.05, 3.63) is 89.0 Å². The van der Waals surface area contributed by atoms with Crippen molar-refractivity contribution in [1.82, 2.24) is 0 Å². The summed E-state index contributed by atoms with van der Waals surface area (Å²) in [5.74, 6) is -2.63. The van der Waals surface area contributed by atoms with Crippen LogP contribution in [0.4, 0.5) is 30.7 Å². The molecule has 40 heavy (non-hydrogen) atoms. The van der Waals surface area contributed by atoms with Gasteiger partial charge in [0.05, 0.1) is 5.56 Å². The molecule has 0 saturated heterocycles. The molecule has 4 rings (SSSR count). The highest BCUT2D eigenvalue weighted by Gasteiger charge is 2.39. The number of alkyl halides is 5. The Morgan fingerprint density at radius 1 is 0.775 bits per heavy atom. The second kappa shape index (κ2) is 12.6. The van der Waals surface area contributed by atoms with Gasteiger partial charge in [0.15, 0.2) is 0 Å². The van der Waals surface area contributed by atoms with Gasteiger partial charge in [0.1, 0.15) is 22.9 Å². The molecule has 8 heteroatoms. The largest absolute Gasteiger partial charge is 0.428 e. The van der Waals surface area contributed by atoms with E-state index in [2.05, 4.69) is 6.92 Å². The first kappa shape index (κ1) is 29.9. The summed E-state index contributed by atoms with van der Waals surface area (Å²) < 4.78 is 102. The number of hydrogen-bond donors (Lipinski definition) is 0. The standard InChI is InChI=1S/C32H33F7O/c1-2-3-6-21-9-11-22(12-10-21)13-14-23-15-17-25(18-16-23)32(38,39)40-29-8-5-4-7-26(29)24-19-27(33)30(28(34)20-24)31(35,36)37/h4-5,7-8,15-22H,2-3,6,9-14H2,1H3/t21-,22-. The molecule has 3 aromatic rings. The van der Waals surface area contributed by atoms with Crippen LogP contribution < -0.4 is 4.74 Å². The van der Waals surface area contributed by atoms with Crippen molar-refractivity contribution in [2.24, 2.45) is 11.8 Å². The molecule has 0 amide bonds. The number of benzene rings is 3. The van der Waals surface area contributed by atoms with Crippen LogP contribution in [0.25, 0.3) is 11.1 Å². The van der Waals surface area contributed by atoms with E-state index in [9.17, 15) is 22.0 Å². The number of halogens is 7. The van der Waals surface area contributed by atoms with Gasteiger partial charge in [-0.15, -0.1) is 0 Å². The lowest BCUT2D eigenvalue weighted by molar-refractivity contribution is -0.185. The Bertz CT molecular complexity index is 1240. The Morgan fingerprint density at radius 2 is 1.35 bits per heavy atom. The molecule has 3 aromatic carbocycles. The average molecular weight is 567 g/mol. The lowest BCUT2D eigenvalue weighted by Gasteiger charge is -2.28. The number of aryl methyl sites for hydroxylation is 1. The van der Waals surface area contributed by atoms with Crippen molar-refractivity contribution in [1.29, 1.82) is 0 Å². The van der Waals surface area contributed by atoms with Gasteiger partial charge in [-0.2, -0.15) is 22.0 Å². The normalized spacial score (nSPS) is 18.1. The highest BCUT2D eigenvalue weighted by atomic mass is 19.4. The number of para-hydroxylation sites is 1. The highest BCUT2D eigenvalue weighted by molar-refractivity contribution is 5.71. The molecule has 1 fully saturated rings. The first-order valence-corrected chi connectivity index (χ1v) is 13.8. The van der Waals surface area contributed by atoms with Crippen LogP contribution in [0.1, 0.15) is 75.0 Å². The number of hydrogen-bond acceptors (Lipinski definition) is 1. The van der Waals surface area contributed by atoms with Crippen LogP contribution in [-0.4, -0.2) is 0 Å². The van der Waals surface area contributed by atoms with Crippen LogP contribution in [0.5, 0.6) is 5.75 Å². The summed E-state index contributed by atoms with van der Waals surface area (Å²) in [4.78, 5) is 0. The van der Waals surface area contributed by atoms with Crippen LogP contribution in [0.2, 0.25) is 0 Å². The van der Waals surface area contributed by atoms with Crippen LogP contribution >= 0.6 is 0 Å². The van der Waals surface area contributed by atoms with Crippen LogP contribution in [0.15, 0.2) is 60.7 Å². The molecule has 0 aliphatic heterocycles. The first-order valence-electron chi connectivity index (χ1n) is 13.8. The third-order valence-corrected chi connectivity index (χ3v) is 7.83. The predicted molar refractivity (Wildman–Crippen MR) is 141 cm³/mol. The minimum atomic E-state index is -5.24. The fourth-order valence-corrected chi connectivity index (χ4v) is 5.53. The van der Waals surface area contributed by atoms with Crippen LogP contribution in [0.3, 0.4) is 0 Å². The van der Waals surface area contributed by atoms with Gasteiger partial charge in [-0.3, -0.25) is 0 Å². The Hall–Kier alpha value is -3.03. The summed E-state index contributed by atoms with van der Waals surface area (Å²) in [7, 11) is 0. The molecule has 1 nitrogen and oxygen atoms in total. The van der Waals surface area contributed by atoms with Gasteiger partial charge < -0.3 is 4.74 Å². The van der Waals surface area contributed by atoms with Gasteiger partial charge in [0, 0.05) is 5.56 Å². The summed E-state index contributed by atoms with van der Waals surface area (Å²) >= 11 is 0. The van der Waals surface area contributed by atoms with E-state index in [4.69, 9.17) is 4.74 Å². The lowest BCUT2D eigenvalue weighted by Crippen LogP contribution is -2.22. The lowest BCUT2D eigenvalue weighted by atomic mass is 9.78. The van der Waals surface area contributed by atoms with Gasteiger partial charge in [-0.25, -0.2) is 8.78 Å². The number of unbranched alkanes of at least 4 members (excludes halogenated alkanes) is 1. The van der Waals surface area contributed by atoms with Crippen molar-refractivity contribution >= 4 is 0 Å². The highest BCUT2D eigenvalue weighted by Crippen LogP contribution is 2.41. The van der Waals surface area contributed by atoms with E-state index in [1.54, 1.807) is 12.1 Å². The topological polar surface area (TPSA) is 9.23 Å². The second-order valence-corrected chi connectivity index (χ2v) is 10.7. The quantitative estimate of drug-likeness (QED) is 0.222. The van der Waals surface area contributed by atoms with E-state index in [1.165, 1.54) is 81.3 Å². The van der Waals surface area contributed by atoms with Crippen molar-refractivity contribution < 1.29 is 35.5 Å². The Balaban J connectivity index is 1.42. The van der Waals surface area contributed by atoms with Crippen molar-refractivity contribution in [2.75, 3.05) is 0 Å². The molecule has 0 bridgehead atoms. The molecule has 0 atom stereocenters. The number of ether oxygens (including phenoxy) is 1. The molecular formula is C32H33F7O. The van der Waals surface area contributed by atoms with E-state index < -0.39 is 40.8 Å². The zero-order valence-electron chi connectivity index (χ0n) is 22.3. The van der Waals surface area contributed by atoms with Gasteiger partial charge in [0.25, 0.3) is 0 Å². The van der Waals surface area contributed by atoms with Gasteiger partial charge in [0.2, 0.25) is 0 Å². The zero-order chi connectivity index (χ0) is 28.9. The molecular weight excluding hydrogens is 533 g/mol. The molecule has 0 spiro atoms. The van der Waals surface area contributed by atoms with E-state index in [-0.39, 0.29) is 11.1 Å². The van der Waals surface area contributed by atoms with Gasteiger partial charge >= 0.3 is 12.3 Å². The van der Waals surface area contributed by atoms with E-state index in [0.29, 0.717) is 18.1 Å². The molecule has 0 radical (unpaired) electrons. The summed E-state index contributed by atoms with van der Waals surface area (Å²) in [5, 5.41) is 0. The summed E-state index contributed by atoms with van der Waals surface area (Å²) in [6, 6.07) is 12.0. The minimum absolute atomic E-state index is 0.172. The van der Waals surface area contributed by atoms with Gasteiger partial charge in [-0.05, 0) is 66.1 Å². The van der Waals surface area contributed by atoms with Crippen molar-refractivity contribution in [3.8, 4) is 16.9 Å². The summed E-state index contributed by atoms with van der Waals surface area (Å²) in [5.41, 5.74) is -2.03. The maximum absolute atomic E-state index is 15.1. The predicted octanol–water partition coefficient (Wildman–Crippen LogP) is 10.7. The Labute approximate surface area is 230 Å². The fraction of sp³-hybridized carbons (Fsp3) is 0.438. The minimum Gasteiger partial charge on any atom is -0.428 e. The monoisotopic (exact) mass is 566 g/mol. The van der Waals surface area contributed by atoms with Crippen LogP contribution in [-0.2, 0) is 18.7 Å². The van der Waals surface area contributed by atoms with Gasteiger partial charge in [-0.1, -0.05) is 82.2 Å². The molecule has 1 aliphatic carbocycles. The fourth-order valence-electron chi connectivity index (χ4n) is 5.53. The average Bonchev–Trinajstić information content (AvgIpc) is 2.90. The maximum atomic E-state index is 15.1. The molecule has 1 aliphatic rings. The van der Waals surface area contributed by atoms with E-state index in [0.717, 1.165) is 24.3 Å². The molecule has 0 heterocycles. The third-order valence-electron chi connectivity index (χ3n) is 7.83. The third kappa shape index (κ3) is 7.38. The summed E-state index contributed by atoms with van der Waals surface area (Å²) in [6.45, 7) is 2.21. The zero-order valence-corrected chi connectivity index (χ0v) is 22.3. The van der Waals surface area contributed by atoms with E-state index in [1.807, 2.05) is 0 Å². The van der Waals surface area contributed by atoms with Crippen molar-refractivity contribution in [3.63, 3.8) is 0 Å². The van der Waals surface area contributed by atoms with Crippen molar-refractivity contribution in [2.45, 2.75) is 77.0 Å².